The summed E-state index contributed by atoms with van der Waals surface area (Å²) in [5.74, 6) is 0.999. The third kappa shape index (κ3) is 5.24. The van der Waals surface area contributed by atoms with E-state index in [9.17, 15) is 0 Å². The molecule has 0 saturated heterocycles. The van der Waals surface area contributed by atoms with Crippen molar-refractivity contribution in [2.75, 3.05) is 6.61 Å². The Hall–Kier alpha value is -1.01. The highest BCUT2D eigenvalue weighted by atomic mass is 79.9. The first-order valence-electron chi connectivity index (χ1n) is 6.68. The molecule has 0 aliphatic heterocycles. The topological polar surface area (TPSA) is 33.0 Å². The molecule has 104 valence electrons. The summed E-state index contributed by atoms with van der Waals surface area (Å²) in [6, 6.07) is 8.53. The second-order valence-corrected chi connectivity index (χ2v) is 6.06. The van der Waals surface area contributed by atoms with E-state index in [1.165, 1.54) is 11.1 Å². The van der Waals surface area contributed by atoms with E-state index in [-0.39, 0.29) is 5.41 Å². The van der Waals surface area contributed by atoms with Gasteiger partial charge in [0.1, 0.15) is 5.75 Å². The molecule has 0 atom stereocenters. The molecule has 1 aromatic rings. The Labute approximate surface area is 124 Å². The minimum Gasteiger partial charge on any atom is -0.493 e. The molecule has 0 aromatic heterocycles. The van der Waals surface area contributed by atoms with Gasteiger partial charge in [0.15, 0.2) is 0 Å². The summed E-state index contributed by atoms with van der Waals surface area (Å²) < 4.78 is 5.89. The van der Waals surface area contributed by atoms with Crippen LogP contribution in [0.1, 0.15) is 44.2 Å². The number of benzene rings is 1. The summed E-state index contributed by atoms with van der Waals surface area (Å²) in [6.07, 6.45) is 2.93. The van der Waals surface area contributed by atoms with Crippen LogP contribution in [-0.4, -0.2) is 6.61 Å². The first-order valence-corrected chi connectivity index (χ1v) is 7.81. The molecule has 19 heavy (non-hydrogen) atoms. The van der Waals surface area contributed by atoms with Gasteiger partial charge >= 0.3 is 0 Å². The molecule has 0 spiro atoms. The van der Waals surface area contributed by atoms with Crippen LogP contribution in [0.15, 0.2) is 18.2 Å². The van der Waals surface area contributed by atoms with E-state index in [4.69, 9.17) is 10.00 Å². The molecule has 0 aliphatic carbocycles. The monoisotopic (exact) mass is 323 g/mol. The molecular formula is C16H22BrNO. The molecular weight excluding hydrogens is 302 g/mol. The number of hydrogen-bond donors (Lipinski definition) is 0. The van der Waals surface area contributed by atoms with Gasteiger partial charge in [-0.1, -0.05) is 34.1 Å². The molecule has 0 heterocycles. The maximum absolute atomic E-state index is 8.95. The lowest BCUT2D eigenvalue weighted by molar-refractivity contribution is 0.291. The Morgan fingerprint density at radius 1 is 1.32 bits per heavy atom. The van der Waals surface area contributed by atoms with Crippen molar-refractivity contribution in [1.82, 2.24) is 0 Å². The van der Waals surface area contributed by atoms with Gasteiger partial charge in [0.05, 0.1) is 18.1 Å². The smallest absolute Gasteiger partial charge is 0.126 e. The molecule has 0 radical (unpaired) electrons. The fourth-order valence-electron chi connectivity index (χ4n) is 1.92. The minimum atomic E-state index is -0.219. The molecule has 3 heteroatoms. The first-order chi connectivity index (χ1) is 9.00. The van der Waals surface area contributed by atoms with E-state index in [2.05, 4.69) is 41.1 Å². The molecule has 0 saturated carbocycles. The lowest BCUT2D eigenvalue weighted by Gasteiger charge is -2.16. The minimum absolute atomic E-state index is 0.219. The van der Waals surface area contributed by atoms with Crippen molar-refractivity contribution >= 4 is 15.9 Å². The molecule has 0 bridgehead atoms. The quantitative estimate of drug-likeness (QED) is 0.523. The van der Waals surface area contributed by atoms with E-state index < -0.39 is 0 Å². The SMILES string of the molecule is Cc1cccc(CBr)c1OCCCCC(C)(C)C#N. The molecule has 0 aliphatic rings. The zero-order valence-corrected chi connectivity index (χ0v) is 13.6. The number of ether oxygens (including phenoxy) is 1. The van der Waals surface area contributed by atoms with Crippen LogP contribution in [0.3, 0.4) is 0 Å². The van der Waals surface area contributed by atoms with Crippen molar-refractivity contribution in [2.24, 2.45) is 5.41 Å². The van der Waals surface area contributed by atoms with Crippen molar-refractivity contribution < 1.29 is 4.74 Å². The van der Waals surface area contributed by atoms with Gasteiger partial charge in [-0.15, -0.1) is 0 Å². The van der Waals surface area contributed by atoms with Crippen molar-refractivity contribution in [1.29, 1.82) is 5.26 Å². The van der Waals surface area contributed by atoms with Crippen LogP contribution in [-0.2, 0) is 5.33 Å². The van der Waals surface area contributed by atoms with Gasteiger partial charge in [-0.2, -0.15) is 5.26 Å². The third-order valence-electron chi connectivity index (χ3n) is 3.18. The number of rotatable bonds is 7. The van der Waals surface area contributed by atoms with Crippen molar-refractivity contribution in [2.45, 2.75) is 45.4 Å². The summed E-state index contributed by atoms with van der Waals surface area (Å²) in [6.45, 7) is 6.75. The van der Waals surface area contributed by atoms with Crippen LogP contribution in [0.5, 0.6) is 5.75 Å². The van der Waals surface area contributed by atoms with E-state index in [1.54, 1.807) is 0 Å². The number of para-hydroxylation sites is 1. The number of aryl methyl sites for hydroxylation is 1. The van der Waals surface area contributed by atoms with Gasteiger partial charge in [-0.25, -0.2) is 0 Å². The molecule has 0 fully saturated rings. The summed E-state index contributed by atoms with van der Waals surface area (Å²) in [7, 11) is 0. The average molecular weight is 324 g/mol. The Balaban J connectivity index is 2.40. The van der Waals surface area contributed by atoms with E-state index in [1.807, 2.05) is 19.9 Å². The van der Waals surface area contributed by atoms with Gasteiger partial charge in [0.2, 0.25) is 0 Å². The molecule has 0 unspecified atom stereocenters. The number of alkyl halides is 1. The van der Waals surface area contributed by atoms with Crippen LogP contribution in [0.4, 0.5) is 0 Å². The highest BCUT2D eigenvalue weighted by Crippen LogP contribution is 2.26. The zero-order chi connectivity index (χ0) is 14.3. The number of hydrogen-bond acceptors (Lipinski definition) is 2. The fourth-order valence-corrected chi connectivity index (χ4v) is 2.37. The van der Waals surface area contributed by atoms with Crippen molar-refractivity contribution in [3.8, 4) is 11.8 Å². The number of nitrogens with zero attached hydrogens (tertiary/aromatic N) is 1. The highest BCUT2D eigenvalue weighted by Gasteiger charge is 2.15. The number of unbranched alkanes of at least 4 members (excludes halogenated alkanes) is 1. The lowest BCUT2D eigenvalue weighted by Crippen LogP contribution is -2.08. The summed E-state index contributed by atoms with van der Waals surface area (Å²) in [5, 5.41) is 9.76. The molecule has 0 amide bonds. The predicted octanol–water partition coefficient (Wildman–Crippen LogP) is 4.99. The molecule has 0 N–H and O–H groups in total. The highest BCUT2D eigenvalue weighted by molar-refractivity contribution is 9.08. The van der Waals surface area contributed by atoms with Gasteiger partial charge in [-0.05, 0) is 45.6 Å². The maximum atomic E-state index is 8.95. The van der Waals surface area contributed by atoms with E-state index >= 15 is 0 Å². The Bertz CT molecular complexity index is 449. The van der Waals surface area contributed by atoms with Gasteiger partial charge < -0.3 is 4.74 Å². The van der Waals surface area contributed by atoms with Crippen LogP contribution in [0, 0.1) is 23.7 Å². The van der Waals surface area contributed by atoms with Crippen molar-refractivity contribution in [3.05, 3.63) is 29.3 Å². The average Bonchev–Trinajstić information content (AvgIpc) is 2.39. The molecule has 2 nitrogen and oxygen atoms in total. The first kappa shape index (κ1) is 16.0. The lowest BCUT2D eigenvalue weighted by atomic mass is 9.89. The van der Waals surface area contributed by atoms with Gasteiger partial charge in [0, 0.05) is 10.9 Å². The van der Waals surface area contributed by atoms with Crippen molar-refractivity contribution in [3.63, 3.8) is 0 Å². The normalized spacial score (nSPS) is 11.1. The summed E-state index contributed by atoms with van der Waals surface area (Å²) in [4.78, 5) is 0. The molecule has 1 rings (SSSR count). The number of halogens is 1. The van der Waals surface area contributed by atoms with Crippen LogP contribution in [0.2, 0.25) is 0 Å². The fraction of sp³-hybridized carbons (Fsp3) is 0.562. The second-order valence-electron chi connectivity index (χ2n) is 5.50. The summed E-state index contributed by atoms with van der Waals surface area (Å²) >= 11 is 3.48. The maximum Gasteiger partial charge on any atom is 0.126 e. The predicted molar refractivity (Wildman–Crippen MR) is 82.6 cm³/mol. The van der Waals surface area contributed by atoms with E-state index in [0.29, 0.717) is 6.61 Å². The standard InChI is InChI=1S/C16H22BrNO/c1-13-7-6-8-14(11-17)15(13)19-10-5-4-9-16(2,3)12-18/h6-8H,4-5,9-11H2,1-3H3. The Kier molecular flexibility index (Phi) is 6.37. The van der Waals surface area contributed by atoms with E-state index in [0.717, 1.165) is 30.3 Å². The van der Waals surface area contributed by atoms with Gasteiger partial charge in [0.25, 0.3) is 0 Å². The Morgan fingerprint density at radius 3 is 2.68 bits per heavy atom. The van der Waals surface area contributed by atoms with Gasteiger partial charge in [-0.3, -0.25) is 0 Å². The van der Waals surface area contributed by atoms with Crippen LogP contribution in [0.25, 0.3) is 0 Å². The largest absolute Gasteiger partial charge is 0.493 e. The third-order valence-corrected chi connectivity index (χ3v) is 3.79. The molecule has 1 aromatic carbocycles. The number of nitriles is 1. The summed E-state index contributed by atoms with van der Waals surface area (Å²) in [5.41, 5.74) is 2.15. The Morgan fingerprint density at radius 2 is 2.05 bits per heavy atom. The second kappa shape index (κ2) is 7.55. The van der Waals surface area contributed by atoms with Crippen LogP contribution >= 0.6 is 15.9 Å². The van der Waals surface area contributed by atoms with Crippen LogP contribution < -0.4 is 4.74 Å². The zero-order valence-electron chi connectivity index (χ0n) is 12.0.